The fraction of sp³-hybridized carbons (Fsp3) is 0.385. The lowest BCUT2D eigenvalue weighted by Gasteiger charge is -2.00. The predicted molar refractivity (Wildman–Crippen MR) is 73.8 cm³/mol. The smallest absolute Gasteiger partial charge is 0.147 e. The van der Waals surface area contributed by atoms with Crippen LogP contribution in [-0.2, 0) is 11.2 Å². The van der Waals surface area contributed by atoms with Gasteiger partial charge in [-0.15, -0.1) is 10.2 Å². The quantitative estimate of drug-likeness (QED) is 0.790. The second-order valence-corrected chi connectivity index (χ2v) is 5.07. The Kier molecular flexibility index (Phi) is 5.38. The molecule has 0 fully saturated rings. The molecule has 0 amide bonds. The van der Waals surface area contributed by atoms with Crippen LogP contribution in [0.1, 0.15) is 5.01 Å². The summed E-state index contributed by atoms with van der Waals surface area (Å²) < 4.78 is 18.1. The molecule has 0 saturated heterocycles. The normalized spacial score (nSPS) is 10.8. The van der Waals surface area contributed by atoms with Gasteiger partial charge in [-0.2, -0.15) is 0 Å². The summed E-state index contributed by atoms with van der Waals surface area (Å²) in [6, 6.07) is 6.41. The molecule has 0 saturated carbocycles. The van der Waals surface area contributed by atoms with E-state index in [0.717, 1.165) is 35.1 Å². The average Bonchev–Trinajstić information content (AvgIpc) is 2.87. The lowest BCUT2D eigenvalue weighted by atomic mass is 10.2. The summed E-state index contributed by atoms with van der Waals surface area (Å²) in [6.07, 6.45) is 0.816. The van der Waals surface area contributed by atoms with Gasteiger partial charge in [0.1, 0.15) is 15.8 Å². The van der Waals surface area contributed by atoms with Gasteiger partial charge in [-0.25, -0.2) is 4.39 Å². The average molecular weight is 281 g/mol. The van der Waals surface area contributed by atoms with E-state index >= 15 is 0 Å². The molecule has 6 heteroatoms. The summed E-state index contributed by atoms with van der Waals surface area (Å²) in [5.74, 6) is -0.254. The van der Waals surface area contributed by atoms with Crippen molar-refractivity contribution in [1.29, 1.82) is 0 Å². The van der Waals surface area contributed by atoms with Gasteiger partial charge in [-0.1, -0.05) is 23.5 Å². The van der Waals surface area contributed by atoms with Gasteiger partial charge < -0.3 is 10.1 Å². The molecule has 0 radical (unpaired) electrons. The molecular formula is C13H16FN3OS. The Morgan fingerprint density at radius 3 is 3.00 bits per heavy atom. The van der Waals surface area contributed by atoms with Crippen molar-refractivity contribution in [2.24, 2.45) is 0 Å². The van der Waals surface area contributed by atoms with Crippen LogP contribution in [-0.4, -0.2) is 37.0 Å². The lowest BCUT2D eigenvalue weighted by Crippen LogP contribution is -2.21. The molecule has 0 bridgehead atoms. The molecule has 0 atom stereocenters. The molecule has 2 aromatic rings. The minimum absolute atomic E-state index is 0.254. The zero-order valence-electron chi connectivity index (χ0n) is 10.7. The Labute approximate surface area is 115 Å². The van der Waals surface area contributed by atoms with Crippen LogP contribution in [0.25, 0.3) is 10.6 Å². The lowest BCUT2D eigenvalue weighted by molar-refractivity contribution is 0.199. The number of methoxy groups -OCH3 is 1. The largest absolute Gasteiger partial charge is 0.383 e. The molecule has 102 valence electrons. The first kappa shape index (κ1) is 14.0. The van der Waals surface area contributed by atoms with Crippen LogP contribution >= 0.6 is 11.3 Å². The molecular weight excluding hydrogens is 265 g/mol. The minimum Gasteiger partial charge on any atom is -0.383 e. The molecule has 0 aliphatic carbocycles. The van der Waals surface area contributed by atoms with E-state index in [1.165, 1.54) is 23.5 Å². The van der Waals surface area contributed by atoms with Crippen molar-refractivity contribution in [2.45, 2.75) is 6.42 Å². The third kappa shape index (κ3) is 4.34. The van der Waals surface area contributed by atoms with Crippen LogP contribution in [0.3, 0.4) is 0 Å². The molecule has 1 heterocycles. The van der Waals surface area contributed by atoms with Crippen LogP contribution in [0.15, 0.2) is 24.3 Å². The first-order valence-corrected chi connectivity index (χ1v) is 6.89. The number of ether oxygens (including phenoxy) is 1. The van der Waals surface area contributed by atoms with E-state index in [4.69, 9.17) is 4.74 Å². The van der Waals surface area contributed by atoms with Crippen LogP contribution in [0.4, 0.5) is 4.39 Å². The van der Waals surface area contributed by atoms with Crippen LogP contribution < -0.4 is 5.32 Å². The van der Waals surface area contributed by atoms with Crippen LogP contribution in [0, 0.1) is 5.82 Å². The Hall–Kier alpha value is -1.37. The van der Waals surface area contributed by atoms with Gasteiger partial charge >= 0.3 is 0 Å². The highest BCUT2D eigenvalue weighted by Gasteiger charge is 2.07. The van der Waals surface area contributed by atoms with Crippen molar-refractivity contribution in [3.05, 3.63) is 35.1 Å². The van der Waals surface area contributed by atoms with Gasteiger partial charge in [0, 0.05) is 32.2 Å². The van der Waals surface area contributed by atoms with Gasteiger partial charge in [0.2, 0.25) is 0 Å². The Balaban J connectivity index is 1.88. The monoisotopic (exact) mass is 281 g/mol. The zero-order chi connectivity index (χ0) is 13.5. The fourth-order valence-electron chi connectivity index (χ4n) is 1.59. The molecule has 1 N–H and O–H groups in total. The first-order chi connectivity index (χ1) is 9.29. The minimum atomic E-state index is -0.254. The Bertz CT molecular complexity index is 518. The second kappa shape index (κ2) is 7.28. The molecule has 0 unspecified atom stereocenters. The number of nitrogens with zero attached hydrogens (tertiary/aromatic N) is 2. The summed E-state index contributed by atoms with van der Waals surface area (Å²) in [4.78, 5) is 0. The second-order valence-electron chi connectivity index (χ2n) is 4.00. The van der Waals surface area contributed by atoms with Crippen molar-refractivity contribution in [1.82, 2.24) is 15.5 Å². The summed E-state index contributed by atoms with van der Waals surface area (Å²) in [5.41, 5.74) is 0.774. The number of rotatable bonds is 7. The van der Waals surface area contributed by atoms with Gasteiger partial charge in [0.05, 0.1) is 6.61 Å². The van der Waals surface area contributed by atoms with E-state index < -0.39 is 0 Å². The number of aromatic nitrogens is 2. The Morgan fingerprint density at radius 2 is 2.21 bits per heavy atom. The van der Waals surface area contributed by atoms with Crippen molar-refractivity contribution in [3.8, 4) is 10.6 Å². The first-order valence-electron chi connectivity index (χ1n) is 6.07. The van der Waals surface area contributed by atoms with Crippen molar-refractivity contribution < 1.29 is 9.13 Å². The van der Waals surface area contributed by atoms with E-state index in [0.29, 0.717) is 6.61 Å². The zero-order valence-corrected chi connectivity index (χ0v) is 11.5. The van der Waals surface area contributed by atoms with Gasteiger partial charge in [-0.3, -0.25) is 0 Å². The van der Waals surface area contributed by atoms with Crippen LogP contribution in [0.2, 0.25) is 0 Å². The SMILES string of the molecule is COCCNCCc1nnc(-c2cccc(F)c2)s1. The molecule has 0 aliphatic rings. The topological polar surface area (TPSA) is 47.0 Å². The number of hydrogen-bond acceptors (Lipinski definition) is 5. The van der Waals surface area contributed by atoms with Crippen molar-refractivity contribution >= 4 is 11.3 Å². The maximum atomic E-state index is 13.1. The van der Waals surface area contributed by atoms with E-state index in [1.807, 2.05) is 6.07 Å². The van der Waals surface area contributed by atoms with E-state index in [2.05, 4.69) is 15.5 Å². The summed E-state index contributed by atoms with van der Waals surface area (Å²) in [6.45, 7) is 2.36. The third-order valence-corrected chi connectivity index (χ3v) is 3.57. The Morgan fingerprint density at radius 1 is 1.32 bits per heavy atom. The van der Waals surface area contributed by atoms with E-state index in [1.54, 1.807) is 13.2 Å². The highest BCUT2D eigenvalue weighted by atomic mass is 32.1. The van der Waals surface area contributed by atoms with Crippen molar-refractivity contribution in [3.63, 3.8) is 0 Å². The van der Waals surface area contributed by atoms with E-state index in [9.17, 15) is 4.39 Å². The number of nitrogens with one attached hydrogen (secondary N) is 1. The van der Waals surface area contributed by atoms with E-state index in [-0.39, 0.29) is 5.82 Å². The third-order valence-electron chi connectivity index (χ3n) is 2.54. The number of hydrogen-bond donors (Lipinski definition) is 1. The van der Waals surface area contributed by atoms with Crippen LogP contribution in [0.5, 0.6) is 0 Å². The number of halogens is 1. The predicted octanol–water partition coefficient (Wildman–Crippen LogP) is 2.12. The van der Waals surface area contributed by atoms with Gasteiger partial charge in [-0.05, 0) is 12.1 Å². The summed E-state index contributed by atoms with van der Waals surface area (Å²) >= 11 is 1.50. The molecule has 19 heavy (non-hydrogen) atoms. The van der Waals surface area contributed by atoms with Gasteiger partial charge in [0.25, 0.3) is 0 Å². The summed E-state index contributed by atoms with van der Waals surface area (Å²) in [5, 5.41) is 13.2. The molecule has 1 aromatic heterocycles. The molecule has 0 aliphatic heterocycles. The molecule has 1 aromatic carbocycles. The van der Waals surface area contributed by atoms with Crippen molar-refractivity contribution in [2.75, 3.05) is 26.8 Å². The highest BCUT2D eigenvalue weighted by Crippen LogP contribution is 2.23. The summed E-state index contributed by atoms with van der Waals surface area (Å²) in [7, 11) is 1.68. The maximum absolute atomic E-state index is 13.1. The fourth-order valence-corrected chi connectivity index (χ4v) is 2.42. The number of benzene rings is 1. The molecule has 0 spiro atoms. The molecule has 4 nitrogen and oxygen atoms in total. The van der Waals surface area contributed by atoms with Gasteiger partial charge in [0.15, 0.2) is 0 Å². The maximum Gasteiger partial charge on any atom is 0.147 e. The highest BCUT2D eigenvalue weighted by molar-refractivity contribution is 7.14. The standard InChI is InChI=1S/C13H16FN3OS/c1-18-8-7-15-6-5-12-16-17-13(19-12)10-3-2-4-11(14)9-10/h2-4,9,15H,5-8H2,1H3. The molecule has 2 rings (SSSR count).